The molecule has 13 heavy (non-hydrogen) atoms. The van der Waals surface area contributed by atoms with Crippen LogP contribution in [0.1, 0.15) is 32.4 Å². The maximum absolute atomic E-state index is 10.2. The molecule has 0 atom stereocenters. The lowest BCUT2D eigenvalue weighted by molar-refractivity contribution is 0.0195. The summed E-state index contributed by atoms with van der Waals surface area (Å²) in [6, 6.07) is 0. The summed E-state index contributed by atoms with van der Waals surface area (Å²) in [5.41, 5.74) is -0.0747. The minimum Gasteiger partial charge on any atom is -0.383 e. The molecular formula is C8H14BrN3O. The quantitative estimate of drug-likeness (QED) is 0.883. The normalized spacial score (nSPS) is 12.1. The molecule has 0 fully saturated rings. The van der Waals surface area contributed by atoms with E-state index in [1.165, 1.54) is 0 Å². The predicted octanol–water partition coefficient (Wildman–Crippen LogP) is 1.59. The highest BCUT2D eigenvalue weighted by Crippen LogP contribution is 2.31. The number of aliphatic hydroxyl groups is 1. The molecule has 1 aromatic rings. The molecule has 5 heteroatoms. The Hall–Kier alpha value is -0.420. The van der Waals surface area contributed by atoms with E-state index >= 15 is 0 Å². The molecule has 0 saturated heterocycles. The number of nitrogens with zero attached hydrogens (tertiary/aromatic N) is 3. The van der Waals surface area contributed by atoms with Crippen molar-refractivity contribution < 1.29 is 5.11 Å². The second kappa shape index (κ2) is 3.75. The van der Waals surface area contributed by atoms with Crippen molar-refractivity contribution >= 4 is 15.9 Å². The SMILES string of the molecule is CCC(O)(CC)c1c(Br)nnn1C. The van der Waals surface area contributed by atoms with E-state index in [1.54, 1.807) is 11.7 Å². The third-order valence-corrected chi connectivity index (χ3v) is 2.93. The Morgan fingerprint density at radius 1 is 1.46 bits per heavy atom. The van der Waals surface area contributed by atoms with Crippen LogP contribution in [0.25, 0.3) is 0 Å². The molecule has 0 amide bonds. The number of aryl methyl sites for hydroxylation is 1. The first-order valence-electron chi connectivity index (χ1n) is 4.33. The molecule has 74 valence electrons. The Balaban J connectivity index is 3.18. The minimum atomic E-state index is -0.822. The summed E-state index contributed by atoms with van der Waals surface area (Å²) in [5.74, 6) is 0. The lowest BCUT2D eigenvalue weighted by Crippen LogP contribution is -2.27. The van der Waals surface area contributed by atoms with Crippen LogP contribution in [-0.4, -0.2) is 20.1 Å². The number of hydrogen-bond donors (Lipinski definition) is 1. The van der Waals surface area contributed by atoms with Gasteiger partial charge in [0.15, 0.2) is 4.60 Å². The molecule has 0 aliphatic carbocycles. The van der Waals surface area contributed by atoms with Crippen molar-refractivity contribution in [1.82, 2.24) is 15.0 Å². The van der Waals surface area contributed by atoms with Crippen LogP contribution in [-0.2, 0) is 12.6 Å². The third kappa shape index (κ3) is 1.76. The highest BCUT2D eigenvalue weighted by Gasteiger charge is 2.31. The molecule has 1 aromatic heterocycles. The van der Waals surface area contributed by atoms with Gasteiger partial charge in [-0.2, -0.15) is 0 Å². The number of rotatable bonds is 3. The first-order valence-corrected chi connectivity index (χ1v) is 5.12. The Bertz CT molecular complexity index is 274. The number of aromatic nitrogens is 3. The summed E-state index contributed by atoms with van der Waals surface area (Å²) < 4.78 is 2.23. The van der Waals surface area contributed by atoms with Gasteiger partial charge in [-0.15, -0.1) is 5.10 Å². The summed E-state index contributed by atoms with van der Waals surface area (Å²) in [4.78, 5) is 0. The molecule has 1 rings (SSSR count). The van der Waals surface area contributed by atoms with Crippen LogP contribution < -0.4 is 0 Å². The molecule has 0 radical (unpaired) electrons. The molecule has 0 aliphatic rings. The van der Waals surface area contributed by atoms with Crippen molar-refractivity contribution in [2.24, 2.45) is 7.05 Å². The van der Waals surface area contributed by atoms with Crippen LogP contribution in [0.3, 0.4) is 0 Å². The molecule has 0 aromatic carbocycles. The van der Waals surface area contributed by atoms with Crippen molar-refractivity contribution in [3.63, 3.8) is 0 Å². The summed E-state index contributed by atoms with van der Waals surface area (Å²) in [6.45, 7) is 3.89. The van der Waals surface area contributed by atoms with Gasteiger partial charge in [0.05, 0.1) is 0 Å². The first kappa shape index (κ1) is 10.7. The van der Waals surface area contributed by atoms with Crippen LogP contribution in [0.15, 0.2) is 4.60 Å². The van der Waals surface area contributed by atoms with Crippen molar-refractivity contribution in [2.45, 2.75) is 32.3 Å². The molecule has 4 nitrogen and oxygen atoms in total. The topological polar surface area (TPSA) is 50.9 Å². The Morgan fingerprint density at radius 2 is 2.00 bits per heavy atom. The van der Waals surface area contributed by atoms with Crippen LogP contribution in [0, 0.1) is 0 Å². The standard InChI is InChI=1S/C8H14BrN3O/c1-4-8(13,5-2)6-7(9)10-11-12(6)3/h13H,4-5H2,1-3H3. The van der Waals surface area contributed by atoms with E-state index < -0.39 is 5.60 Å². The zero-order valence-corrected chi connectivity index (χ0v) is 9.67. The maximum atomic E-state index is 10.2. The summed E-state index contributed by atoms with van der Waals surface area (Å²) in [6.07, 6.45) is 1.31. The van der Waals surface area contributed by atoms with Gasteiger partial charge in [-0.05, 0) is 28.8 Å². The van der Waals surface area contributed by atoms with Gasteiger partial charge in [0.1, 0.15) is 11.3 Å². The predicted molar refractivity (Wildman–Crippen MR) is 53.2 cm³/mol. The van der Waals surface area contributed by atoms with Crippen LogP contribution >= 0.6 is 15.9 Å². The second-order valence-corrected chi connectivity index (χ2v) is 3.84. The Morgan fingerprint density at radius 3 is 2.31 bits per heavy atom. The van der Waals surface area contributed by atoms with E-state index in [4.69, 9.17) is 0 Å². The van der Waals surface area contributed by atoms with E-state index in [0.717, 1.165) is 5.69 Å². The molecule has 1 heterocycles. The lowest BCUT2D eigenvalue weighted by atomic mass is 9.94. The van der Waals surface area contributed by atoms with Gasteiger partial charge in [-0.3, -0.25) is 0 Å². The summed E-state index contributed by atoms with van der Waals surface area (Å²) in [5, 5.41) is 17.9. The van der Waals surface area contributed by atoms with E-state index in [1.807, 2.05) is 13.8 Å². The lowest BCUT2D eigenvalue weighted by Gasteiger charge is -2.24. The van der Waals surface area contributed by atoms with Gasteiger partial charge < -0.3 is 5.11 Å². The van der Waals surface area contributed by atoms with Gasteiger partial charge in [-0.1, -0.05) is 19.1 Å². The van der Waals surface area contributed by atoms with Gasteiger partial charge >= 0.3 is 0 Å². The largest absolute Gasteiger partial charge is 0.383 e. The Labute approximate surface area is 86.1 Å². The molecule has 0 bridgehead atoms. The highest BCUT2D eigenvalue weighted by atomic mass is 79.9. The average Bonchev–Trinajstić information content (AvgIpc) is 2.46. The third-order valence-electron chi connectivity index (χ3n) is 2.40. The molecular weight excluding hydrogens is 234 g/mol. The van der Waals surface area contributed by atoms with Gasteiger partial charge in [0.2, 0.25) is 0 Å². The monoisotopic (exact) mass is 247 g/mol. The molecule has 1 N–H and O–H groups in total. The van der Waals surface area contributed by atoms with Crippen molar-refractivity contribution in [3.8, 4) is 0 Å². The summed E-state index contributed by atoms with van der Waals surface area (Å²) >= 11 is 3.28. The molecule has 0 saturated carbocycles. The average molecular weight is 248 g/mol. The minimum absolute atomic E-state index is 0.626. The molecule has 0 unspecified atom stereocenters. The highest BCUT2D eigenvalue weighted by molar-refractivity contribution is 9.10. The van der Waals surface area contributed by atoms with Crippen LogP contribution in [0.2, 0.25) is 0 Å². The van der Waals surface area contributed by atoms with Gasteiger partial charge in [0.25, 0.3) is 0 Å². The van der Waals surface area contributed by atoms with Crippen LogP contribution in [0.4, 0.5) is 0 Å². The molecule has 0 spiro atoms. The fourth-order valence-corrected chi connectivity index (χ4v) is 2.11. The Kier molecular flexibility index (Phi) is 3.08. The smallest absolute Gasteiger partial charge is 0.154 e. The fraction of sp³-hybridized carbons (Fsp3) is 0.750. The van der Waals surface area contributed by atoms with Gasteiger partial charge in [0, 0.05) is 7.05 Å². The zero-order chi connectivity index (χ0) is 10.1. The number of halogens is 1. The number of hydrogen-bond acceptors (Lipinski definition) is 3. The van der Waals surface area contributed by atoms with Gasteiger partial charge in [-0.25, -0.2) is 4.68 Å². The van der Waals surface area contributed by atoms with E-state index in [0.29, 0.717) is 17.4 Å². The van der Waals surface area contributed by atoms with E-state index in [9.17, 15) is 5.11 Å². The van der Waals surface area contributed by atoms with E-state index in [-0.39, 0.29) is 0 Å². The van der Waals surface area contributed by atoms with Crippen LogP contribution in [0.5, 0.6) is 0 Å². The summed E-state index contributed by atoms with van der Waals surface area (Å²) in [7, 11) is 1.78. The zero-order valence-electron chi connectivity index (χ0n) is 8.08. The van der Waals surface area contributed by atoms with Crippen molar-refractivity contribution in [1.29, 1.82) is 0 Å². The van der Waals surface area contributed by atoms with E-state index in [2.05, 4.69) is 26.2 Å². The maximum Gasteiger partial charge on any atom is 0.154 e. The first-order chi connectivity index (χ1) is 6.05. The molecule has 0 aliphatic heterocycles. The second-order valence-electron chi connectivity index (χ2n) is 3.09. The van der Waals surface area contributed by atoms with Crippen molar-refractivity contribution in [3.05, 3.63) is 10.3 Å². The van der Waals surface area contributed by atoms with Crippen molar-refractivity contribution in [2.75, 3.05) is 0 Å². The fourth-order valence-electron chi connectivity index (χ4n) is 1.41.